The third-order valence-corrected chi connectivity index (χ3v) is 4.74. The molecule has 0 aliphatic carbocycles. The Morgan fingerprint density at radius 3 is 2.45 bits per heavy atom. The Morgan fingerprint density at radius 2 is 1.86 bits per heavy atom. The average molecular weight is 444 g/mol. The van der Waals surface area contributed by atoms with Crippen molar-refractivity contribution in [1.29, 1.82) is 0 Å². The van der Waals surface area contributed by atoms with Gasteiger partial charge in [0.1, 0.15) is 5.60 Å². The third kappa shape index (κ3) is 7.42. The molecule has 0 unspecified atom stereocenters. The average Bonchev–Trinajstić information content (AvgIpc) is 2.47. The van der Waals surface area contributed by atoms with Gasteiger partial charge >= 0.3 is 11.9 Å². The van der Waals surface area contributed by atoms with Crippen LogP contribution >= 0.6 is 31.9 Å². The van der Waals surface area contributed by atoms with Crippen LogP contribution in [-0.4, -0.2) is 41.0 Å². The normalized spacial score (nSPS) is 16.6. The van der Waals surface area contributed by atoms with Crippen molar-refractivity contribution in [2.24, 2.45) is 5.92 Å². The summed E-state index contributed by atoms with van der Waals surface area (Å²) < 4.78 is 10.2. The summed E-state index contributed by atoms with van der Waals surface area (Å²) in [6.45, 7) is 6.56. The van der Waals surface area contributed by atoms with Crippen molar-refractivity contribution >= 4 is 43.8 Å². The molecule has 0 aromatic heterocycles. The van der Waals surface area contributed by atoms with Crippen LogP contribution in [0.3, 0.4) is 0 Å². The molecule has 0 aromatic rings. The highest BCUT2D eigenvalue weighted by Gasteiger charge is 2.35. The van der Waals surface area contributed by atoms with Crippen LogP contribution in [0, 0.1) is 5.92 Å². The van der Waals surface area contributed by atoms with Crippen LogP contribution in [0.25, 0.3) is 0 Å². The zero-order valence-corrected chi connectivity index (χ0v) is 16.4. The van der Waals surface area contributed by atoms with Gasteiger partial charge in [0, 0.05) is 25.2 Å². The van der Waals surface area contributed by atoms with Gasteiger partial charge in [0.2, 0.25) is 0 Å². The number of quaternary nitrogens is 1. The zero-order valence-electron chi connectivity index (χ0n) is 13.3. The molecule has 1 aliphatic heterocycles. The minimum absolute atomic E-state index is 0.162. The first-order valence-electron chi connectivity index (χ1n) is 7.81. The van der Waals surface area contributed by atoms with E-state index in [0.29, 0.717) is 31.8 Å². The van der Waals surface area contributed by atoms with Crippen molar-refractivity contribution < 1.29 is 24.4 Å². The summed E-state index contributed by atoms with van der Waals surface area (Å²) in [6.07, 6.45) is 3.88. The summed E-state index contributed by atoms with van der Waals surface area (Å²) >= 11 is 6.14. The van der Waals surface area contributed by atoms with E-state index in [1.165, 1.54) is 0 Å². The number of carbonyl (C=O) groups is 2. The number of alkyl halides is 2. The Balaban J connectivity index is 2.18. The van der Waals surface area contributed by atoms with Crippen LogP contribution in [0.15, 0.2) is 0 Å². The Morgan fingerprint density at radius 1 is 1.23 bits per heavy atom. The van der Waals surface area contributed by atoms with Gasteiger partial charge in [0.25, 0.3) is 0 Å². The molecular weight excluding hydrogens is 418 g/mol. The number of nitrogens with two attached hydrogens (primary N) is 1. The maximum absolute atomic E-state index is 12.0. The van der Waals surface area contributed by atoms with Crippen molar-refractivity contribution in [3.8, 4) is 0 Å². The highest BCUT2D eigenvalue weighted by atomic mass is 79.9. The number of piperidine rings is 1. The Bertz CT molecular complexity index is 369. The van der Waals surface area contributed by atoms with Crippen molar-refractivity contribution in [3.63, 3.8) is 0 Å². The summed E-state index contributed by atoms with van der Waals surface area (Å²) in [6, 6.07) is 0. The molecule has 1 aliphatic rings. The number of rotatable bonds is 8. The molecule has 0 aromatic carbocycles. The fourth-order valence-electron chi connectivity index (χ4n) is 2.66. The Hall–Kier alpha value is -0.140. The first kappa shape index (κ1) is 19.9. The standard InChI is InChI=1S/C15H25Br2NO4/c1-15(2,11-6-8-18-9-7-11)22-12(19)5-3-4-10-21-14(20)13(16)17/h11,13,18H,3-10H2,1-2H3/p+1. The lowest BCUT2D eigenvalue weighted by atomic mass is 9.83. The molecule has 5 nitrogen and oxygen atoms in total. The molecule has 0 bridgehead atoms. The number of unbranched alkanes of at least 4 members (excludes halogenated alkanes) is 1. The Kier molecular flexibility index (Phi) is 8.94. The summed E-state index contributed by atoms with van der Waals surface area (Å²) in [4.78, 5) is 23.1. The maximum atomic E-state index is 12.0. The Labute approximate surface area is 149 Å². The van der Waals surface area contributed by atoms with Crippen molar-refractivity contribution in [2.45, 2.75) is 55.3 Å². The smallest absolute Gasteiger partial charge is 0.330 e. The van der Waals surface area contributed by atoms with Crippen LogP contribution < -0.4 is 5.32 Å². The largest absolute Gasteiger partial charge is 0.464 e. The number of ether oxygens (including phenoxy) is 2. The second-order valence-corrected chi connectivity index (χ2v) is 9.20. The maximum Gasteiger partial charge on any atom is 0.330 e. The monoisotopic (exact) mass is 442 g/mol. The van der Waals surface area contributed by atoms with Crippen molar-refractivity contribution in [1.82, 2.24) is 0 Å². The van der Waals surface area contributed by atoms with Gasteiger partial charge in [-0.1, -0.05) is 31.9 Å². The lowest BCUT2D eigenvalue weighted by Gasteiger charge is -2.35. The van der Waals surface area contributed by atoms with Crippen LogP contribution in [0.5, 0.6) is 0 Å². The number of hydrogen-bond acceptors (Lipinski definition) is 4. The molecule has 0 amide bonds. The van der Waals surface area contributed by atoms with Gasteiger partial charge in [-0.25, -0.2) is 4.79 Å². The van der Waals surface area contributed by atoms with E-state index < -0.39 is 9.34 Å². The molecule has 0 atom stereocenters. The summed E-state index contributed by atoms with van der Waals surface area (Å²) in [7, 11) is 0. The van der Waals surface area contributed by atoms with Gasteiger partial charge in [0.15, 0.2) is 3.74 Å². The van der Waals surface area contributed by atoms with Crippen molar-refractivity contribution in [3.05, 3.63) is 0 Å². The molecule has 1 fully saturated rings. The molecule has 1 heterocycles. The van der Waals surface area contributed by atoms with Gasteiger partial charge in [0.05, 0.1) is 19.7 Å². The van der Waals surface area contributed by atoms with E-state index in [1.807, 2.05) is 13.8 Å². The summed E-state index contributed by atoms with van der Waals surface area (Å²) in [5.41, 5.74) is -0.392. The first-order valence-corrected chi connectivity index (χ1v) is 9.64. The molecule has 0 saturated carbocycles. The van der Waals surface area contributed by atoms with Gasteiger partial charge < -0.3 is 14.8 Å². The predicted molar refractivity (Wildman–Crippen MR) is 91.0 cm³/mol. The second kappa shape index (κ2) is 9.88. The van der Waals surface area contributed by atoms with Crippen LogP contribution in [0.4, 0.5) is 0 Å². The molecule has 1 saturated heterocycles. The lowest BCUT2D eigenvalue weighted by Crippen LogP contribution is -2.86. The van der Waals surface area contributed by atoms with E-state index in [9.17, 15) is 9.59 Å². The number of esters is 2. The van der Waals surface area contributed by atoms with Crippen LogP contribution in [-0.2, 0) is 19.1 Å². The molecule has 0 radical (unpaired) electrons. The SMILES string of the molecule is CC(C)(OC(=O)CCCCOC(=O)C(Br)Br)C1CC[NH2+]CC1. The minimum atomic E-state index is -0.474. The van der Waals surface area contributed by atoms with Crippen molar-refractivity contribution in [2.75, 3.05) is 19.7 Å². The van der Waals surface area contributed by atoms with Crippen LogP contribution in [0.1, 0.15) is 46.0 Å². The van der Waals surface area contributed by atoms with Gasteiger partial charge in [-0.3, -0.25) is 4.79 Å². The quantitative estimate of drug-likeness (QED) is 0.354. The number of hydrogen-bond donors (Lipinski definition) is 1. The third-order valence-electron chi connectivity index (χ3n) is 4.00. The van der Waals surface area contributed by atoms with Gasteiger partial charge in [-0.05, 0) is 26.7 Å². The molecular formula is C15H26Br2NO4+. The van der Waals surface area contributed by atoms with Gasteiger partial charge in [-0.15, -0.1) is 0 Å². The van der Waals surface area contributed by atoms with Gasteiger partial charge in [-0.2, -0.15) is 0 Å². The molecule has 7 heteroatoms. The highest BCUT2D eigenvalue weighted by molar-refractivity contribution is 9.25. The van der Waals surface area contributed by atoms with E-state index in [0.717, 1.165) is 25.9 Å². The highest BCUT2D eigenvalue weighted by Crippen LogP contribution is 2.28. The molecule has 1 rings (SSSR count). The topological polar surface area (TPSA) is 69.2 Å². The molecule has 128 valence electrons. The van der Waals surface area contributed by atoms with E-state index >= 15 is 0 Å². The fraction of sp³-hybridized carbons (Fsp3) is 0.867. The van der Waals surface area contributed by atoms with E-state index in [-0.39, 0.29) is 11.9 Å². The van der Waals surface area contributed by atoms with E-state index in [1.54, 1.807) is 0 Å². The number of halogens is 2. The fourth-order valence-corrected chi connectivity index (χ4v) is 2.92. The minimum Gasteiger partial charge on any atom is -0.464 e. The van der Waals surface area contributed by atoms with E-state index in [2.05, 4.69) is 37.2 Å². The number of carbonyl (C=O) groups excluding carboxylic acids is 2. The zero-order chi connectivity index (χ0) is 16.6. The first-order chi connectivity index (χ1) is 10.3. The lowest BCUT2D eigenvalue weighted by molar-refractivity contribution is -0.665. The predicted octanol–water partition coefficient (Wildman–Crippen LogP) is 2.11. The molecule has 22 heavy (non-hydrogen) atoms. The second-order valence-electron chi connectivity index (χ2n) is 6.14. The van der Waals surface area contributed by atoms with Crippen LogP contribution in [0.2, 0.25) is 0 Å². The summed E-state index contributed by atoms with van der Waals surface area (Å²) in [5, 5.41) is 2.31. The van der Waals surface area contributed by atoms with E-state index in [4.69, 9.17) is 9.47 Å². The summed E-state index contributed by atoms with van der Waals surface area (Å²) in [5.74, 6) is -0.0697. The molecule has 2 N–H and O–H groups in total. The molecule has 0 spiro atoms.